The summed E-state index contributed by atoms with van der Waals surface area (Å²) in [5.74, 6) is 1.01. The Morgan fingerprint density at radius 1 is 1.30 bits per heavy atom. The van der Waals surface area contributed by atoms with Crippen molar-refractivity contribution in [3.05, 3.63) is 29.8 Å². The second kappa shape index (κ2) is 7.90. The minimum Gasteiger partial charge on any atom is -0.497 e. The first-order chi connectivity index (χ1) is 9.78. The predicted molar refractivity (Wildman–Crippen MR) is 80.0 cm³/mol. The van der Waals surface area contributed by atoms with Crippen LogP contribution < -0.4 is 15.4 Å². The van der Waals surface area contributed by atoms with Crippen LogP contribution in [-0.2, 0) is 11.2 Å². The lowest BCUT2D eigenvalue weighted by molar-refractivity contribution is -0.121. The predicted octanol–water partition coefficient (Wildman–Crippen LogP) is 1.89. The van der Waals surface area contributed by atoms with Crippen molar-refractivity contribution in [1.29, 1.82) is 0 Å². The molecule has 0 aromatic heterocycles. The first kappa shape index (κ1) is 14.9. The number of aryl methyl sites for hydroxylation is 1. The summed E-state index contributed by atoms with van der Waals surface area (Å²) in [6.45, 7) is 2.07. The van der Waals surface area contributed by atoms with Gasteiger partial charge in [0.15, 0.2) is 0 Å². The molecule has 0 bridgehead atoms. The lowest BCUT2D eigenvalue weighted by Gasteiger charge is -2.15. The van der Waals surface area contributed by atoms with Crippen molar-refractivity contribution in [2.75, 3.05) is 20.2 Å². The smallest absolute Gasteiger partial charge is 0.220 e. The summed E-state index contributed by atoms with van der Waals surface area (Å²) in [5, 5.41) is 6.50. The number of carbonyl (C=O) groups excluding carboxylic acids is 1. The fourth-order valence-corrected chi connectivity index (χ4v) is 2.51. The molecule has 20 heavy (non-hydrogen) atoms. The molecule has 0 spiro atoms. The molecule has 1 aliphatic heterocycles. The second-order valence-electron chi connectivity index (χ2n) is 5.29. The molecule has 0 saturated carbocycles. The van der Waals surface area contributed by atoms with Gasteiger partial charge in [0.25, 0.3) is 0 Å². The molecule has 1 aromatic rings. The summed E-state index contributed by atoms with van der Waals surface area (Å²) in [5.41, 5.74) is 1.17. The van der Waals surface area contributed by atoms with E-state index in [1.54, 1.807) is 7.11 Å². The third-order valence-corrected chi connectivity index (χ3v) is 3.74. The third-order valence-electron chi connectivity index (χ3n) is 3.74. The van der Waals surface area contributed by atoms with Crippen LogP contribution in [0.5, 0.6) is 5.75 Å². The Morgan fingerprint density at radius 3 is 2.85 bits per heavy atom. The summed E-state index contributed by atoms with van der Waals surface area (Å²) in [6.07, 6.45) is 4.59. The number of benzene rings is 1. The monoisotopic (exact) mass is 276 g/mol. The van der Waals surface area contributed by atoms with Crippen LogP contribution in [0.4, 0.5) is 0 Å². The van der Waals surface area contributed by atoms with Gasteiger partial charge in [-0.15, -0.1) is 0 Å². The van der Waals surface area contributed by atoms with E-state index < -0.39 is 0 Å². The van der Waals surface area contributed by atoms with Crippen molar-refractivity contribution in [1.82, 2.24) is 10.6 Å². The van der Waals surface area contributed by atoms with Crippen LogP contribution in [0.2, 0.25) is 0 Å². The van der Waals surface area contributed by atoms with Gasteiger partial charge < -0.3 is 15.4 Å². The van der Waals surface area contributed by atoms with Crippen LogP contribution >= 0.6 is 0 Å². The Kier molecular flexibility index (Phi) is 5.87. The fraction of sp³-hybridized carbons (Fsp3) is 0.562. The van der Waals surface area contributed by atoms with Gasteiger partial charge in [-0.2, -0.15) is 0 Å². The van der Waals surface area contributed by atoms with Gasteiger partial charge in [-0.1, -0.05) is 12.1 Å². The van der Waals surface area contributed by atoms with Gasteiger partial charge in [-0.05, 0) is 56.5 Å². The maximum Gasteiger partial charge on any atom is 0.220 e. The molecule has 4 nitrogen and oxygen atoms in total. The van der Waals surface area contributed by atoms with E-state index in [4.69, 9.17) is 4.74 Å². The average Bonchev–Trinajstić information content (AvgIpc) is 2.74. The molecule has 0 aliphatic carbocycles. The zero-order chi connectivity index (χ0) is 14.2. The molecule has 1 amide bonds. The molecule has 1 aliphatic rings. The Hall–Kier alpha value is -1.55. The standard InChI is InChI=1S/C16H24N2O2/c1-20-15-7-4-13(5-8-15)6-9-16(19)18-14-3-2-11-17-12-10-14/h4-5,7-8,14,17H,2-3,6,9-12H2,1H3,(H,18,19). The minimum absolute atomic E-state index is 0.160. The Morgan fingerprint density at radius 2 is 2.10 bits per heavy atom. The highest BCUT2D eigenvalue weighted by atomic mass is 16.5. The van der Waals surface area contributed by atoms with E-state index in [-0.39, 0.29) is 5.91 Å². The molecule has 2 N–H and O–H groups in total. The van der Waals surface area contributed by atoms with Crippen LogP contribution in [0.1, 0.15) is 31.2 Å². The molecule has 1 heterocycles. The third kappa shape index (κ3) is 4.85. The van der Waals surface area contributed by atoms with E-state index in [9.17, 15) is 4.79 Å². The number of rotatable bonds is 5. The molecule has 4 heteroatoms. The lowest BCUT2D eigenvalue weighted by Crippen LogP contribution is -2.35. The number of ether oxygens (including phenoxy) is 1. The number of carbonyl (C=O) groups is 1. The number of methoxy groups -OCH3 is 1. The van der Waals surface area contributed by atoms with Gasteiger partial charge in [-0.3, -0.25) is 4.79 Å². The van der Waals surface area contributed by atoms with Gasteiger partial charge in [0.2, 0.25) is 5.91 Å². The molecule has 1 unspecified atom stereocenters. The minimum atomic E-state index is 0.160. The molecule has 1 atom stereocenters. The molecular formula is C16H24N2O2. The largest absolute Gasteiger partial charge is 0.497 e. The number of hydrogen-bond donors (Lipinski definition) is 2. The molecule has 1 saturated heterocycles. The van der Waals surface area contributed by atoms with Crippen molar-refractivity contribution in [2.24, 2.45) is 0 Å². The van der Waals surface area contributed by atoms with Gasteiger partial charge in [-0.25, -0.2) is 0 Å². The number of nitrogens with one attached hydrogen (secondary N) is 2. The van der Waals surface area contributed by atoms with E-state index >= 15 is 0 Å². The topological polar surface area (TPSA) is 50.4 Å². The van der Waals surface area contributed by atoms with Crippen LogP contribution in [0, 0.1) is 0 Å². The van der Waals surface area contributed by atoms with Crippen LogP contribution in [0.25, 0.3) is 0 Å². The molecule has 110 valence electrons. The SMILES string of the molecule is COc1ccc(CCC(=O)NC2CCCNCC2)cc1. The lowest BCUT2D eigenvalue weighted by atomic mass is 10.1. The second-order valence-corrected chi connectivity index (χ2v) is 5.29. The van der Waals surface area contributed by atoms with Crippen molar-refractivity contribution in [3.8, 4) is 5.75 Å². The zero-order valence-electron chi connectivity index (χ0n) is 12.2. The maximum atomic E-state index is 12.0. The fourth-order valence-electron chi connectivity index (χ4n) is 2.51. The Balaban J connectivity index is 1.73. The molecule has 1 aromatic carbocycles. The summed E-state index contributed by atoms with van der Waals surface area (Å²) >= 11 is 0. The molecule has 2 rings (SSSR count). The summed E-state index contributed by atoms with van der Waals surface area (Å²) in [6, 6.07) is 8.24. The number of amides is 1. The molecule has 0 radical (unpaired) electrons. The summed E-state index contributed by atoms with van der Waals surface area (Å²) in [7, 11) is 1.66. The van der Waals surface area contributed by atoms with E-state index in [1.807, 2.05) is 24.3 Å². The highest BCUT2D eigenvalue weighted by molar-refractivity contribution is 5.76. The number of hydrogen-bond acceptors (Lipinski definition) is 3. The van der Waals surface area contributed by atoms with Gasteiger partial charge >= 0.3 is 0 Å². The van der Waals surface area contributed by atoms with Gasteiger partial charge in [0, 0.05) is 12.5 Å². The summed E-state index contributed by atoms with van der Waals surface area (Å²) < 4.78 is 5.12. The van der Waals surface area contributed by atoms with Crippen LogP contribution in [0.3, 0.4) is 0 Å². The van der Waals surface area contributed by atoms with Gasteiger partial charge in [0.1, 0.15) is 5.75 Å². The average molecular weight is 276 g/mol. The summed E-state index contributed by atoms with van der Waals surface area (Å²) in [4.78, 5) is 12.0. The van der Waals surface area contributed by atoms with E-state index in [2.05, 4.69) is 10.6 Å². The highest BCUT2D eigenvalue weighted by Crippen LogP contribution is 2.13. The first-order valence-electron chi connectivity index (χ1n) is 7.41. The first-order valence-corrected chi connectivity index (χ1v) is 7.41. The van der Waals surface area contributed by atoms with Crippen molar-refractivity contribution in [2.45, 2.75) is 38.1 Å². The zero-order valence-corrected chi connectivity index (χ0v) is 12.2. The quantitative estimate of drug-likeness (QED) is 0.863. The Bertz CT molecular complexity index is 409. The van der Waals surface area contributed by atoms with Crippen LogP contribution in [-0.4, -0.2) is 32.1 Å². The van der Waals surface area contributed by atoms with Crippen molar-refractivity contribution < 1.29 is 9.53 Å². The maximum absolute atomic E-state index is 12.0. The van der Waals surface area contributed by atoms with E-state index in [0.717, 1.165) is 44.5 Å². The Labute approximate surface area is 120 Å². The van der Waals surface area contributed by atoms with Crippen molar-refractivity contribution >= 4 is 5.91 Å². The molecular weight excluding hydrogens is 252 g/mol. The van der Waals surface area contributed by atoms with E-state index in [1.165, 1.54) is 5.56 Å². The van der Waals surface area contributed by atoms with E-state index in [0.29, 0.717) is 12.5 Å². The normalized spacial score (nSPS) is 19.1. The molecule has 1 fully saturated rings. The van der Waals surface area contributed by atoms with Crippen LogP contribution in [0.15, 0.2) is 24.3 Å². The van der Waals surface area contributed by atoms with Gasteiger partial charge in [0.05, 0.1) is 7.11 Å². The van der Waals surface area contributed by atoms with Crippen molar-refractivity contribution in [3.63, 3.8) is 0 Å². The highest BCUT2D eigenvalue weighted by Gasteiger charge is 2.14.